The predicted molar refractivity (Wildman–Crippen MR) is 144 cm³/mol. The standard InChI is InChI=1S/C30H31NO5/c1-6-20-10-8-9-11-25(20)31-30(32)14-19(3)22-16-23-24(18-36-28(23)17-27(22)35-7-2)21-12-13-26(33-4)29(15-21)34-5/h8-18H,6-7H2,1-5H3,(H,31,32)/b19-14+. The van der Waals surface area contributed by atoms with Crippen LogP contribution in [-0.2, 0) is 11.2 Å². The zero-order valence-corrected chi connectivity index (χ0v) is 21.3. The molecule has 0 saturated carbocycles. The number of amides is 1. The van der Waals surface area contributed by atoms with Gasteiger partial charge in [-0.3, -0.25) is 4.79 Å². The predicted octanol–water partition coefficient (Wildman–Crippen LogP) is 7.12. The third-order valence-corrected chi connectivity index (χ3v) is 6.10. The molecular weight excluding hydrogens is 454 g/mol. The highest BCUT2D eigenvalue weighted by Gasteiger charge is 2.17. The summed E-state index contributed by atoms with van der Waals surface area (Å²) in [5.74, 6) is 1.76. The maximum atomic E-state index is 12.9. The van der Waals surface area contributed by atoms with Gasteiger partial charge >= 0.3 is 0 Å². The number of allylic oxidation sites excluding steroid dienone is 1. The summed E-state index contributed by atoms with van der Waals surface area (Å²) in [6, 6.07) is 17.5. The van der Waals surface area contributed by atoms with Gasteiger partial charge in [-0.1, -0.05) is 31.2 Å². The highest BCUT2D eigenvalue weighted by Crippen LogP contribution is 2.40. The number of fused-ring (bicyclic) bond motifs is 1. The van der Waals surface area contributed by atoms with Crippen molar-refractivity contribution in [1.29, 1.82) is 0 Å². The Kier molecular flexibility index (Phi) is 7.64. The molecule has 0 radical (unpaired) electrons. The lowest BCUT2D eigenvalue weighted by molar-refractivity contribution is -0.111. The fourth-order valence-corrected chi connectivity index (χ4v) is 4.26. The van der Waals surface area contributed by atoms with Gasteiger partial charge in [0.1, 0.15) is 11.3 Å². The van der Waals surface area contributed by atoms with E-state index in [1.54, 1.807) is 26.6 Å². The maximum Gasteiger partial charge on any atom is 0.248 e. The number of nitrogens with one attached hydrogen (secondary N) is 1. The van der Waals surface area contributed by atoms with Crippen LogP contribution in [0.1, 0.15) is 31.9 Å². The zero-order chi connectivity index (χ0) is 25.7. The molecule has 0 fully saturated rings. The Hall–Kier alpha value is -4.19. The van der Waals surface area contributed by atoms with E-state index in [2.05, 4.69) is 12.2 Å². The normalized spacial score (nSPS) is 11.4. The third-order valence-electron chi connectivity index (χ3n) is 6.10. The average molecular weight is 486 g/mol. The highest BCUT2D eigenvalue weighted by atomic mass is 16.5. The Bertz CT molecular complexity index is 1420. The molecule has 4 rings (SSSR count). The van der Waals surface area contributed by atoms with Crippen LogP contribution < -0.4 is 19.5 Å². The van der Waals surface area contributed by atoms with Crippen LogP contribution in [0.4, 0.5) is 5.69 Å². The highest BCUT2D eigenvalue weighted by molar-refractivity contribution is 6.05. The van der Waals surface area contributed by atoms with Gasteiger partial charge in [-0.15, -0.1) is 0 Å². The molecule has 1 N–H and O–H groups in total. The number of anilines is 1. The van der Waals surface area contributed by atoms with Crippen molar-refractivity contribution in [1.82, 2.24) is 0 Å². The first-order valence-electron chi connectivity index (χ1n) is 12.0. The zero-order valence-electron chi connectivity index (χ0n) is 21.3. The van der Waals surface area contributed by atoms with Crippen molar-refractivity contribution in [2.45, 2.75) is 27.2 Å². The minimum Gasteiger partial charge on any atom is -0.493 e. The van der Waals surface area contributed by atoms with Gasteiger partial charge in [-0.05, 0) is 61.2 Å². The van der Waals surface area contributed by atoms with Crippen LogP contribution >= 0.6 is 0 Å². The summed E-state index contributed by atoms with van der Waals surface area (Å²) in [5, 5.41) is 3.91. The summed E-state index contributed by atoms with van der Waals surface area (Å²) < 4.78 is 22.7. The molecule has 3 aromatic carbocycles. The Morgan fingerprint density at radius 1 is 0.972 bits per heavy atom. The number of aryl methyl sites for hydroxylation is 1. The monoisotopic (exact) mass is 485 g/mol. The number of furan rings is 1. The second kappa shape index (κ2) is 11.0. The average Bonchev–Trinajstić information content (AvgIpc) is 3.31. The molecule has 6 nitrogen and oxygen atoms in total. The fourth-order valence-electron chi connectivity index (χ4n) is 4.26. The number of carbonyl (C=O) groups excluding carboxylic acids is 1. The molecule has 0 saturated heterocycles. The molecule has 1 heterocycles. The number of benzene rings is 3. The lowest BCUT2D eigenvalue weighted by Crippen LogP contribution is -2.10. The third kappa shape index (κ3) is 5.08. The first kappa shape index (κ1) is 24.9. The minimum atomic E-state index is -0.191. The van der Waals surface area contributed by atoms with Gasteiger partial charge in [0.2, 0.25) is 5.91 Å². The number of hydrogen-bond donors (Lipinski definition) is 1. The van der Waals surface area contributed by atoms with Crippen molar-refractivity contribution in [2.24, 2.45) is 0 Å². The molecule has 0 aliphatic carbocycles. The quantitative estimate of drug-likeness (QED) is 0.256. The number of hydrogen-bond acceptors (Lipinski definition) is 5. The molecule has 0 bridgehead atoms. The molecule has 0 unspecified atom stereocenters. The molecule has 1 aromatic heterocycles. The van der Waals surface area contributed by atoms with Crippen molar-refractivity contribution in [3.8, 4) is 28.4 Å². The summed E-state index contributed by atoms with van der Waals surface area (Å²) in [6.45, 7) is 6.39. The van der Waals surface area contributed by atoms with Crippen molar-refractivity contribution >= 4 is 28.1 Å². The van der Waals surface area contributed by atoms with E-state index >= 15 is 0 Å². The van der Waals surface area contributed by atoms with E-state index in [4.69, 9.17) is 18.6 Å². The van der Waals surface area contributed by atoms with Crippen LogP contribution in [0, 0.1) is 0 Å². The van der Waals surface area contributed by atoms with E-state index in [1.165, 1.54) is 0 Å². The number of para-hydroxylation sites is 1. The Morgan fingerprint density at radius 3 is 2.47 bits per heavy atom. The summed E-state index contributed by atoms with van der Waals surface area (Å²) in [5.41, 5.74) is 6.05. The SMILES string of the molecule is CCOc1cc2occ(-c3ccc(OC)c(OC)c3)c2cc1/C(C)=C/C(=O)Nc1ccccc1CC. The molecular formula is C30H31NO5. The molecule has 0 aliphatic heterocycles. The Morgan fingerprint density at radius 2 is 1.75 bits per heavy atom. The van der Waals surface area contributed by atoms with Gasteiger partial charge in [0.25, 0.3) is 0 Å². The largest absolute Gasteiger partial charge is 0.493 e. The molecule has 0 atom stereocenters. The van der Waals surface area contributed by atoms with Crippen molar-refractivity contribution < 1.29 is 23.4 Å². The van der Waals surface area contributed by atoms with Crippen LogP contribution in [0.3, 0.4) is 0 Å². The smallest absolute Gasteiger partial charge is 0.248 e. The number of ether oxygens (including phenoxy) is 3. The second-order valence-electron chi connectivity index (χ2n) is 8.32. The van der Waals surface area contributed by atoms with E-state index < -0.39 is 0 Å². The first-order valence-corrected chi connectivity index (χ1v) is 12.0. The van der Waals surface area contributed by atoms with Crippen LogP contribution in [-0.4, -0.2) is 26.7 Å². The topological polar surface area (TPSA) is 69.9 Å². The first-order chi connectivity index (χ1) is 17.5. The van der Waals surface area contributed by atoms with E-state index in [1.807, 2.05) is 68.4 Å². The molecule has 4 aromatic rings. The number of rotatable bonds is 9. The summed E-state index contributed by atoms with van der Waals surface area (Å²) in [6.07, 6.45) is 4.16. The van der Waals surface area contributed by atoms with Crippen LogP contribution in [0.5, 0.6) is 17.2 Å². The van der Waals surface area contributed by atoms with Gasteiger partial charge in [-0.25, -0.2) is 0 Å². The van der Waals surface area contributed by atoms with E-state index in [9.17, 15) is 4.79 Å². The van der Waals surface area contributed by atoms with E-state index in [0.29, 0.717) is 29.4 Å². The molecule has 0 aliphatic rings. The molecule has 0 spiro atoms. The molecule has 6 heteroatoms. The van der Waals surface area contributed by atoms with Gasteiger partial charge < -0.3 is 23.9 Å². The number of methoxy groups -OCH3 is 2. The van der Waals surface area contributed by atoms with Crippen molar-refractivity contribution in [3.05, 3.63) is 78.1 Å². The fraction of sp³-hybridized carbons (Fsp3) is 0.233. The molecule has 1 amide bonds. The summed E-state index contributed by atoms with van der Waals surface area (Å²) >= 11 is 0. The van der Waals surface area contributed by atoms with Crippen LogP contribution in [0.15, 0.2) is 71.4 Å². The maximum absolute atomic E-state index is 12.9. The second-order valence-corrected chi connectivity index (χ2v) is 8.32. The van der Waals surface area contributed by atoms with Gasteiger partial charge in [0.15, 0.2) is 11.5 Å². The lowest BCUT2D eigenvalue weighted by atomic mass is 9.99. The number of carbonyl (C=O) groups is 1. The van der Waals surface area contributed by atoms with Gasteiger partial charge in [0.05, 0.1) is 27.1 Å². The van der Waals surface area contributed by atoms with Crippen LogP contribution in [0.25, 0.3) is 27.7 Å². The summed E-state index contributed by atoms with van der Waals surface area (Å²) in [4.78, 5) is 12.9. The van der Waals surface area contributed by atoms with Gasteiger partial charge in [-0.2, -0.15) is 0 Å². The molecule has 186 valence electrons. The van der Waals surface area contributed by atoms with Crippen molar-refractivity contribution in [3.63, 3.8) is 0 Å². The summed E-state index contributed by atoms with van der Waals surface area (Å²) in [7, 11) is 3.22. The Labute approximate surface area is 211 Å². The lowest BCUT2D eigenvalue weighted by Gasteiger charge is -2.13. The van der Waals surface area contributed by atoms with Gasteiger partial charge in [0, 0.05) is 34.3 Å². The van der Waals surface area contributed by atoms with Crippen LogP contribution in [0.2, 0.25) is 0 Å². The minimum absolute atomic E-state index is 0.191. The van der Waals surface area contributed by atoms with E-state index in [-0.39, 0.29) is 5.91 Å². The molecule has 36 heavy (non-hydrogen) atoms. The van der Waals surface area contributed by atoms with E-state index in [0.717, 1.165) is 45.3 Å². The Balaban J connectivity index is 1.74. The van der Waals surface area contributed by atoms with Crippen molar-refractivity contribution in [2.75, 3.05) is 26.1 Å².